The van der Waals surface area contributed by atoms with E-state index in [-0.39, 0.29) is 18.0 Å². The number of amides is 1. The largest absolute Gasteiger partial charge is 0.463 e. The van der Waals surface area contributed by atoms with Crippen LogP contribution in [-0.4, -0.2) is 43.4 Å². The Balaban J connectivity index is 1.36. The van der Waals surface area contributed by atoms with E-state index in [4.69, 9.17) is 4.42 Å². The topological polar surface area (TPSA) is 108 Å². The van der Waals surface area contributed by atoms with Crippen molar-refractivity contribution in [2.75, 3.05) is 23.1 Å². The van der Waals surface area contributed by atoms with Crippen LogP contribution in [0.25, 0.3) is 11.5 Å². The number of benzene rings is 1. The third-order valence-corrected chi connectivity index (χ3v) is 6.19. The van der Waals surface area contributed by atoms with E-state index >= 15 is 0 Å². The number of carbonyl (C=O) groups excluding carboxylic acids is 1. The van der Waals surface area contributed by atoms with Crippen molar-refractivity contribution in [1.82, 2.24) is 15.5 Å². The van der Waals surface area contributed by atoms with Crippen LogP contribution in [0.15, 0.2) is 53.1 Å². The van der Waals surface area contributed by atoms with Gasteiger partial charge in [0.25, 0.3) is 5.91 Å². The molecule has 1 aliphatic heterocycles. The van der Waals surface area contributed by atoms with Gasteiger partial charge in [0.1, 0.15) is 5.69 Å². The number of hydrogen-bond donors (Lipinski definition) is 2. The molecule has 0 bridgehead atoms. The lowest BCUT2D eigenvalue weighted by atomic mass is 10.2. The predicted molar refractivity (Wildman–Crippen MR) is 99.9 cm³/mol. The van der Waals surface area contributed by atoms with Crippen molar-refractivity contribution in [3.63, 3.8) is 0 Å². The standard InChI is InChI=1S/C18H18N4O4S/c23-18(15-12-14(20-21-15)17-6-3-10-26-17)19-8-11-27(24,25)22-9-7-13-4-1-2-5-16(13)22/h1-6,10,12H,7-9,11H2,(H,19,23)(H,20,21). The number of aromatic amines is 1. The highest BCUT2D eigenvalue weighted by molar-refractivity contribution is 7.92. The lowest BCUT2D eigenvalue weighted by Crippen LogP contribution is -2.37. The number of nitrogens with zero attached hydrogens (tertiary/aromatic N) is 2. The number of rotatable bonds is 6. The molecule has 3 heterocycles. The number of carbonyl (C=O) groups is 1. The second-order valence-electron chi connectivity index (χ2n) is 6.17. The fraction of sp³-hybridized carbons (Fsp3) is 0.222. The van der Waals surface area contributed by atoms with E-state index in [2.05, 4.69) is 15.5 Å². The van der Waals surface area contributed by atoms with Gasteiger partial charge >= 0.3 is 0 Å². The maximum atomic E-state index is 12.6. The molecule has 0 unspecified atom stereocenters. The van der Waals surface area contributed by atoms with E-state index in [0.29, 0.717) is 24.4 Å². The summed E-state index contributed by atoms with van der Waals surface area (Å²) in [4.78, 5) is 12.2. The maximum absolute atomic E-state index is 12.6. The van der Waals surface area contributed by atoms with E-state index in [0.717, 1.165) is 11.3 Å². The second-order valence-corrected chi connectivity index (χ2v) is 8.18. The Morgan fingerprint density at radius 2 is 2.11 bits per heavy atom. The molecule has 4 rings (SSSR count). The van der Waals surface area contributed by atoms with E-state index in [9.17, 15) is 13.2 Å². The molecule has 8 nitrogen and oxygen atoms in total. The van der Waals surface area contributed by atoms with Crippen molar-refractivity contribution in [2.45, 2.75) is 6.42 Å². The molecule has 2 N–H and O–H groups in total. The molecule has 0 fully saturated rings. The lowest BCUT2D eigenvalue weighted by Gasteiger charge is -2.19. The molecule has 0 aliphatic carbocycles. The zero-order valence-corrected chi connectivity index (χ0v) is 15.2. The molecule has 0 saturated heterocycles. The summed E-state index contributed by atoms with van der Waals surface area (Å²) in [5.74, 6) is -0.0550. The first-order valence-corrected chi connectivity index (χ1v) is 10.1. The minimum absolute atomic E-state index is 0.00276. The molecule has 1 aliphatic rings. The monoisotopic (exact) mass is 386 g/mol. The molecule has 0 atom stereocenters. The number of anilines is 1. The molecule has 0 saturated carbocycles. The highest BCUT2D eigenvalue weighted by Crippen LogP contribution is 2.29. The summed E-state index contributed by atoms with van der Waals surface area (Å²) in [7, 11) is -3.51. The van der Waals surface area contributed by atoms with Gasteiger partial charge in [-0.1, -0.05) is 18.2 Å². The van der Waals surface area contributed by atoms with E-state index in [1.54, 1.807) is 24.3 Å². The number of furan rings is 1. The van der Waals surface area contributed by atoms with Gasteiger partial charge in [0, 0.05) is 19.2 Å². The Hall–Kier alpha value is -3.07. The maximum Gasteiger partial charge on any atom is 0.271 e. The summed E-state index contributed by atoms with van der Waals surface area (Å²) in [5.41, 5.74) is 2.49. The van der Waals surface area contributed by atoms with Crippen LogP contribution in [0.2, 0.25) is 0 Å². The number of aromatic nitrogens is 2. The van der Waals surface area contributed by atoms with Gasteiger partial charge in [-0.25, -0.2) is 8.42 Å². The number of para-hydroxylation sites is 1. The van der Waals surface area contributed by atoms with Crippen molar-refractivity contribution in [3.05, 3.63) is 60.0 Å². The zero-order valence-electron chi connectivity index (χ0n) is 14.4. The van der Waals surface area contributed by atoms with Gasteiger partial charge in [-0.3, -0.25) is 14.2 Å². The third-order valence-electron chi connectivity index (χ3n) is 4.42. The van der Waals surface area contributed by atoms with Crippen molar-refractivity contribution in [2.24, 2.45) is 0 Å². The lowest BCUT2D eigenvalue weighted by molar-refractivity contribution is 0.0951. The predicted octanol–water partition coefficient (Wildman–Crippen LogP) is 1.79. The number of fused-ring (bicyclic) bond motifs is 1. The Bertz CT molecular complexity index is 1060. The van der Waals surface area contributed by atoms with E-state index in [1.807, 2.05) is 18.2 Å². The van der Waals surface area contributed by atoms with Crippen molar-refractivity contribution in [3.8, 4) is 11.5 Å². The highest BCUT2D eigenvalue weighted by Gasteiger charge is 2.28. The van der Waals surface area contributed by atoms with Gasteiger partial charge in [0.05, 0.1) is 17.7 Å². The number of hydrogen-bond acceptors (Lipinski definition) is 5. The quantitative estimate of drug-likeness (QED) is 0.671. The fourth-order valence-corrected chi connectivity index (χ4v) is 4.51. The first kappa shape index (κ1) is 17.3. The highest BCUT2D eigenvalue weighted by atomic mass is 32.2. The van der Waals surface area contributed by atoms with Crippen molar-refractivity contribution in [1.29, 1.82) is 0 Å². The van der Waals surface area contributed by atoms with Crippen LogP contribution < -0.4 is 9.62 Å². The van der Waals surface area contributed by atoms with Crippen LogP contribution in [0.4, 0.5) is 5.69 Å². The summed E-state index contributed by atoms with van der Waals surface area (Å²) in [5, 5.41) is 9.26. The van der Waals surface area contributed by atoms with Gasteiger partial charge in [0.2, 0.25) is 10.0 Å². The Labute approximate surface area is 156 Å². The minimum atomic E-state index is -3.51. The second kappa shape index (κ2) is 6.92. The van der Waals surface area contributed by atoms with Crippen LogP contribution in [0.3, 0.4) is 0 Å². The molecule has 1 aromatic carbocycles. The van der Waals surface area contributed by atoms with E-state index in [1.165, 1.54) is 10.6 Å². The summed E-state index contributed by atoms with van der Waals surface area (Å²) in [6.45, 7) is 0.435. The van der Waals surface area contributed by atoms with Gasteiger partial charge in [0.15, 0.2) is 11.5 Å². The molecule has 2 aromatic heterocycles. The summed E-state index contributed by atoms with van der Waals surface area (Å²) in [6.07, 6.45) is 2.22. The first-order valence-electron chi connectivity index (χ1n) is 8.50. The fourth-order valence-electron chi connectivity index (χ4n) is 3.09. The summed E-state index contributed by atoms with van der Waals surface area (Å²) in [6, 6.07) is 12.5. The van der Waals surface area contributed by atoms with Crippen LogP contribution in [0.5, 0.6) is 0 Å². The zero-order chi connectivity index (χ0) is 18.9. The van der Waals surface area contributed by atoms with Crippen molar-refractivity contribution < 1.29 is 17.6 Å². The van der Waals surface area contributed by atoms with E-state index < -0.39 is 15.9 Å². The molecule has 27 heavy (non-hydrogen) atoms. The summed E-state index contributed by atoms with van der Waals surface area (Å²) >= 11 is 0. The molecule has 9 heteroatoms. The SMILES string of the molecule is O=C(NCCS(=O)(=O)N1CCc2ccccc21)c1cc(-c2ccco2)[nH]n1. The van der Waals surface area contributed by atoms with Crippen LogP contribution in [-0.2, 0) is 16.4 Å². The van der Waals surface area contributed by atoms with Gasteiger partial charge in [-0.15, -0.1) is 0 Å². The molecule has 0 radical (unpaired) electrons. The summed E-state index contributed by atoms with van der Waals surface area (Å²) < 4.78 is 31.9. The molecule has 3 aromatic rings. The Morgan fingerprint density at radius 1 is 1.26 bits per heavy atom. The Morgan fingerprint density at radius 3 is 2.93 bits per heavy atom. The van der Waals surface area contributed by atoms with Gasteiger partial charge in [-0.2, -0.15) is 5.10 Å². The molecule has 140 valence electrons. The van der Waals surface area contributed by atoms with Gasteiger partial charge < -0.3 is 9.73 Å². The average molecular weight is 386 g/mol. The number of nitrogens with one attached hydrogen (secondary N) is 2. The molecular formula is C18H18N4O4S. The normalized spacial score (nSPS) is 13.6. The number of sulfonamides is 1. The first-order chi connectivity index (χ1) is 13.0. The molecule has 1 amide bonds. The van der Waals surface area contributed by atoms with Crippen LogP contribution >= 0.6 is 0 Å². The Kier molecular flexibility index (Phi) is 4.44. The minimum Gasteiger partial charge on any atom is -0.463 e. The third kappa shape index (κ3) is 3.45. The van der Waals surface area contributed by atoms with Crippen LogP contribution in [0, 0.1) is 0 Å². The molecule has 0 spiro atoms. The smallest absolute Gasteiger partial charge is 0.271 e. The van der Waals surface area contributed by atoms with Crippen molar-refractivity contribution >= 4 is 21.6 Å². The van der Waals surface area contributed by atoms with Gasteiger partial charge in [-0.05, 0) is 30.2 Å². The van der Waals surface area contributed by atoms with Crippen LogP contribution in [0.1, 0.15) is 16.1 Å². The average Bonchev–Trinajstić information content (AvgIpc) is 3.40. The number of H-pyrrole nitrogens is 1. The molecular weight excluding hydrogens is 368 g/mol.